The summed E-state index contributed by atoms with van der Waals surface area (Å²) in [5, 5.41) is 4.35. The normalized spacial score (nSPS) is 16.9. The Morgan fingerprint density at radius 1 is 1.10 bits per heavy atom. The van der Waals surface area contributed by atoms with Crippen LogP contribution in [0.2, 0.25) is 0 Å². The number of benzene rings is 1. The first-order valence-electron chi connectivity index (χ1n) is 6.87. The molecule has 0 fully saturated rings. The minimum Gasteiger partial charge on any atom is -0.486 e. The van der Waals surface area contributed by atoms with Gasteiger partial charge < -0.3 is 19.5 Å². The van der Waals surface area contributed by atoms with Gasteiger partial charge in [-0.1, -0.05) is 0 Å². The van der Waals surface area contributed by atoms with Gasteiger partial charge in [-0.15, -0.1) is 0 Å². The summed E-state index contributed by atoms with van der Waals surface area (Å²) in [5.41, 5.74) is 4.30. The van der Waals surface area contributed by atoms with Crippen molar-refractivity contribution in [2.45, 2.75) is 13.0 Å². The van der Waals surface area contributed by atoms with Gasteiger partial charge in [-0.05, 0) is 6.07 Å². The number of ether oxygens (including phenoxy) is 3. The van der Waals surface area contributed by atoms with Crippen molar-refractivity contribution < 1.29 is 14.2 Å². The van der Waals surface area contributed by atoms with Crippen LogP contribution in [0.3, 0.4) is 0 Å². The first-order valence-corrected chi connectivity index (χ1v) is 6.87. The molecule has 0 saturated carbocycles. The van der Waals surface area contributed by atoms with Crippen LogP contribution in [0, 0.1) is 0 Å². The van der Waals surface area contributed by atoms with E-state index in [2.05, 4.69) is 5.32 Å². The van der Waals surface area contributed by atoms with Gasteiger partial charge in [0, 0.05) is 30.5 Å². The number of rotatable bonds is 1. The van der Waals surface area contributed by atoms with Gasteiger partial charge in [-0.3, -0.25) is 4.98 Å². The zero-order valence-corrected chi connectivity index (χ0v) is 11.4. The molecule has 0 aliphatic carbocycles. The molecular weight excluding hydrogens is 256 g/mol. The molecule has 0 radical (unpaired) electrons. The maximum Gasteiger partial charge on any atom is 0.163 e. The molecule has 1 N–H and O–H groups in total. The van der Waals surface area contributed by atoms with Crippen LogP contribution in [0.15, 0.2) is 12.1 Å². The van der Waals surface area contributed by atoms with E-state index in [9.17, 15) is 0 Å². The first-order chi connectivity index (χ1) is 9.86. The van der Waals surface area contributed by atoms with Crippen LogP contribution in [0.5, 0.6) is 11.5 Å². The monoisotopic (exact) mass is 272 g/mol. The summed E-state index contributed by atoms with van der Waals surface area (Å²) in [7, 11) is 1.93. The molecular formula is C15H16N2O3. The predicted molar refractivity (Wildman–Crippen MR) is 75.6 cm³/mol. The fraction of sp³-hybridized carbons (Fsp3) is 0.400. The molecule has 0 amide bonds. The summed E-state index contributed by atoms with van der Waals surface area (Å²) in [6.07, 6.45) is 0.856. The molecule has 104 valence electrons. The van der Waals surface area contributed by atoms with E-state index >= 15 is 0 Å². The van der Waals surface area contributed by atoms with Crippen LogP contribution in [0.1, 0.15) is 11.3 Å². The van der Waals surface area contributed by atoms with Gasteiger partial charge in [-0.2, -0.15) is 0 Å². The van der Waals surface area contributed by atoms with E-state index in [4.69, 9.17) is 19.2 Å². The highest BCUT2D eigenvalue weighted by Gasteiger charge is 2.21. The number of hydrogen-bond acceptors (Lipinski definition) is 5. The molecule has 0 atom stereocenters. The van der Waals surface area contributed by atoms with E-state index in [0.717, 1.165) is 52.4 Å². The zero-order valence-electron chi connectivity index (χ0n) is 11.4. The summed E-state index contributed by atoms with van der Waals surface area (Å²) >= 11 is 0. The van der Waals surface area contributed by atoms with Gasteiger partial charge in [0.05, 0.1) is 30.1 Å². The number of aromatic nitrogens is 1. The van der Waals surface area contributed by atoms with Gasteiger partial charge in [0.25, 0.3) is 0 Å². The van der Waals surface area contributed by atoms with E-state index in [1.807, 2.05) is 19.2 Å². The van der Waals surface area contributed by atoms with Gasteiger partial charge in [0.15, 0.2) is 11.5 Å². The van der Waals surface area contributed by atoms with Crippen molar-refractivity contribution in [2.24, 2.45) is 0 Å². The van der Waals surface area contributed by atoms with E-state index in [1.54, 1.807) is 0 Å². The summed E-state index contributed by atoms with van der Waals surface area (Å²) in [6.45, 7) is 2.53. The van der Waals surface area contributed by atoms with E-state index in [-0.39, 0.29) is 0 Å². The molecule has 2 aliphatic rings. The number of hydrogen-bond donors (Lipinski definition) is 1. The molecule has 5 nitrogen and oxygen atoms in total. The fourth-order valence-corrected chi connectivity index (χ4v) is 2.88. The molecule has 2 aliphatic heterocycles. The molecule has 0 unspecified atom stereocenters. The lowest BCUT2D eigenvalue weighted by Crippen LogP contribution is -2.17. The second-order valence-electron chi connectivity index (χ2n) is 4.98. The molecule has 1 aromatic carbocycles. The molecule has 5 heteroatoms. The fourth-order valence-electron chi connectivity index (χ4n) is 2.88. The zero-order chi connectivity index (χ0) is 13.5. The quantitative estimate of drug-likeness (QED) is 0.861. The number of pyridine rings is 1. The van der Waals surface area contributed by atoms with Crippen LogP contribution in [0.25, 0.3) is 10.9 Å². The third kappa shape index (κ3) is 1.70. The minimum absolute atomic E-state index is 0.592. The van der Waals surface area contributed by atoms with Crippen molar-refractivity contribution in [1.29, 1.82) is 0 Å². The second-order valence-corrected chi connectivity index (χ2v) is 4.98. The second kappa shape index (κ2) is 4.52. The first kappa shape index (κ1) is 11.8. The lowest BCUT2D eigenvalue weighted by Gasteiger charge is -2.23. The minimum atomic E-state index is 0.592. The lowest BCUT2D eigenvalue weighted by molar-refractivity contribution is 0.110. The summed E-state index contributed by atoms with van der Waals surface area (Å²) in [6, 6.07) is 3.98. The van der Waals surface area contributed by atoms with Crippen LogP contribution >= 0.6 is 0 Å². The van der Waals surface area contributed by atoms with Crippen LogP contribution < -0.4 is 14.8 Å². The largest absolute Gasteiger partial charge is 0.486 e. The third-order valence-corrected chi connectivity index (χ3v) is 3.81. The number of anilines is 1. The Hall–Kier alpha value is -2.01. The Bertz CT molecular complexity index is 679. The van der Waals surface area contributed by atoms with Crippen molar-refractivity contribution in [3.8, 4) is 11.5 Å². The molecule has 4 rings (SSSR count). The van der Waals surface area contributed by atoms with Crippen LogP contribution in [-0.4, -0.2) is 31.9 Å². The van der Waals surface area contributed by atoms with Crippen molar-refractivity contribution in [2.75, 3.05) is 32.2 Å². The maximum absolute atomic E-state index is 5.66. The van der Waals surface area contributed by atoms with Crippen molar-refractivity contribution in [3.05, 3.63) is 23.4 Å². The molecule has 3 heterocycles. The Labute approximate surface area is 116 Å². The van der Waals surface area contributed by atoms with Gasteiger partial charge >= 0.3 is 0 Å². The molecule has 0 bridgehead atoms. The van der Waals surface area contributed by atoms with Gasteiger partial charge in [0.1, 0.15) is 13.2 Å². The highest BCUT2D eigenvalue weighted by molar-refractivity contribution is 5.95. The summed E-state index contributed by atoms with van der Waals surface area (Å²) in [4.78, 5) is 4.78. The third-order valence-electron chi connectivity index (χ3n) is 3.81. The summed E-state index contributed by atoms with van der Waals surface area (Å²) in [5.74, 6) is 1.57. The topological polar surface area (TPSA) is 52.6 Å². The van der Waals surface area contributed by atoms with Gasteiger partial charge in [-0.25, -0.2) is 0 Å². The highest BCUT2D eigenvalue weighted by atomic mass is 16.6. The van der Waals surface area contributed by atoms with Crippen molar-refractivity contribution >= 4 is 16.6 Å². The Morgan fingerprint density at radius 2 is 1.90 bits per heavy atom. The van der Waals surface area contributed by atoms with E-state index in [1.165, 1.54) is 0 Å². The Morgan fingerprint density at radius 3 is 2.70 bits per heavy atom. The van der Waals surface area contributed by atoms with Crippen molar-refractivity contribution in [1.82, 2.24) is 4.98 Å². The molecule has 0 spiro atoms. The Kier molecular flexibility index (Phi) is 2.67. The maximum atomic E-state index is 5.66. The number of nitrogens with one attached hydrogen (secondary N) is 1. The number of nitrogens with zero attached hydrogens (tertiary/aromatic N) is 1. The average Bonchev–Trinajstić information content (AvgIpc) is 2.50. The van der Waals surface area contributed by atoms with E-state index in [0.29, 0.717) is 19.8 Å². The smallest absolute Gasteiger partial charge is 0.163 e. The lowest BCUT2D eigenvalue weighted by atomic mass is 10.0. The van der Waals surface area contributed by atoms with Crippen LogP contribution in [-0.2, 0) is 17.8 Å². The van der Waals surface area contributed by atoms with Crippen molar-refractivity contribution in [3.63, 3.8) is 0 Å². The van der Waals surface area contributed by atoms with E-state index < -0.39 is 0 Å². The SMILES string of the molecule is CNc1c2c(nc3cc4c(cc13)OCCO4)CCOC2. The highest BCUT2D eigenvalue weighted by Crippen LogP contribution is 2.39. The number of fused-ring (bicyclic) bond motifs is 3. The molecule has 2 aromatic rings. The molecule has 20 heavy (non-hydrogen) atoms. The van der Waals surface area contributed by atoms with Gasteiger partial charge in [0.2, 0.25) is 0 Å². The van der Waals surface area contributed by atoms with Crippen LogP contribution in [0.4, 0.5) is 5.69 Å². The average molecular weight is 272 g/mol. The Balaban J connectivity index is 2.00. The predicted octanol–water partition coefficient (Wildman–Crippen LogP) is 2.12. The molecule has 0 saturated heterocycles. The summed E-state index contributed by atoms with van der Waals surface area (Å²) < 4.78 is 16.9. The molecule has 1 aromatic heterocycles. The standard InChI is InChI=1S/C15H16N2O3/c1-16-15-9-6-13-14(20-5-4-19-13)7-12(9)17-11-2-3-18-8-10(11)15/h6-7H,2-5,8H2,1H3,(H,16,17).